The third kappa shape index (κ3) is 4.49. The first kappa shape index (κ1) is 14.7. The van der Waals surface area contributed by atoms with Gasteiger partial charge in [0.05, 0.1) is 6.61 Å². The molecule has 3 nitrogen and oxygen atoms in total. The van der Waals surface area contributed by atoms with Gasteiger partial charge in [-0.1, -0.05) is 26.3 Å². The third-order valence-electron chi connectivity index (χ3n) is 2.78. The molecular formula is C15H21O3. The van der Waals surface area contributed by atoms with Crippen LogP contribution >= 0.6 is 0 Å². The molecule has 1 radical (unpaired) electrons. The van der Waals surface area contributed by atoms with Gasteiger partial charge in [0.25, 0.3) is 0 Å². The van der Waals surface area contributed by atoms with Crippen LogP contribution in [0, 0.1) is 5.92 Å². The number of aliphatic hydroxyl groups is 1. The van der Waals surface area contributed by atoms with Crippen molar-refractivity contribution in [3.8, 4) is 5.75 Å². The van der Waals surface area contributed by atoms with Crippen LogP contribution in [0.4, 0.5) is 0 Å². The quantitative estimate of drug-likeness (QED) is 0.623. The van der Waals surface area contributed by atoms with Crippen molar-refractivity contribution in [1.82, 2.24) is 0 Å². The van der Waals surface area contributed by atoms with Crippen molar-refractivity contribution < 1.29 is 14.6 Å². The Hall–Kier alpha value is -1.35. The lowest BCUT2D eigenvalue weighted by molar-refractivity contribution is -0.131. The van der Waals surface area contributed by atoms with E-state index in [2.05, 4.69) is 6.92 Å². The van der Waals surface area contributed by atoms with Crippen LogP contribution < -0.4 is 4.74 Å². The Morgan fingerprint density at radius 1 is 1.28 bits per heavy atom. The molecule has 1 aromatic carbocycles. The minimum absolute atomic E-state index is 0.0107. The van der Waals surface area contributed by atoms with E-state index in [-0.39, 0.29) is 12.6 Å². The first-order chi connectivity index (χ1) is 8.56. The molecule has 18 heavy (non-hydrogen) atoms. The monoisotopic (exact) mass is 249 g/mol. The summed E-state index contributed by atoms with van der Waals surface area (Å²) >= 11 is 0. The van der Waals surface area contributed by atoms with Gasteiger partial charge in [0.15, 0.2) is 0 Å². The Balaban J connectivity index is 2.99. The number of hydrogen-bond acceptors (Lipinski definition) is 3. The minimum atomic E-state index is -0.324. The average molecular weight is 249 g/mol. The predicted octanol–water partition coefficient (Wildman–Crippen LogP) is 2.89. The topological polar surface area (TPSA) is 46.5 Å². The summed E-state index contributed by atoms with van der Waals surface area (Å²) in [5.74, 6) is 1.11. The lowest BCUT2D eigenvalue weighted by Gasteiger charge is -2.12. The van der Waals surface area contributed by atoms with E-state index in [1.54, 1.807) is 6.07 Å². The molecule has 0 fully saturated rings. The van der Waals surface area contributed by atoms with Crippen LogP contribution in [0.25, 0.3) is 0 Å². The molecular weight excluding hydrogens is 228 g/mol. The van der Waals surface area contributed by atoms with Crippen LogP contribution in [-0.4, -0.2) is 17.7 Å². The number of benzene rings is 1. The smallest absolute Gasteiger partial charge is 0.308 e. The maximum Gasteiger partial charge on any atom is 0.308 e. The van der Waals surface area contributed by atoms with Crippen molar-refractivity contribution in [1.29, 1.82) is 0 Å². The molecule has 1 aromatic rings. The second-order valence-corrected chi connectivity index (χ2v) is 4.50. The fourth-order valence-corrected chi connectivity index (χ4v) is 1.75. The summed E-state index contributed by atoms with van der Waals surface area (Å²) in [6.07, 6.45) is 3.17. The highest BCUT2D eigenvalue weighted by Gasteiger charge is 2.09. The van der Waals surface area contributed by atoms with Gasteiger partial charge in [-0.3, -0.25) is 4.79 Å². The molecule has 0 saturated heterocycles. The van der Waals surface area contributed by atoms with E-state index in [4.69, 9.17) is 4.74 Å². The van der Waals surface area contributed by atoms with Crippen LogP contribution in [0.3, 0.4) is 0 Å². The minimum Gasteiger partial charge on any atom is -0.427 e. The largest absolute Gasteiger partial charge is 0.427 e. The second-order valence-electron chi connectivity index (χ2n) is 4.50. The molecule has 0 atom stereocenters. The van der Waals surface area contributed by atoms with Gasteiger partial charge in [-0.05, 0) is 36.1 Å². The average Bonchev–Trinajstić information content (AvgIpc) is 2.34. The van der Waals surface area contributed by atoms with Crippen LogP contribution in [0.15, 0.2) is 18.2 Å². The van der Waals surface area contributed by atoms with Crippen LogP contribution in [0.5, 0.6) is 5.75 Å². The molecule has 3 heteroatoms. The zero-order chi connectivity index (χ0) is 13.5. The summed E-state index contributed by atoms with van der Waals surface area (Å²) in [5, 5.41) is 9.18. The fraction of sp³-hybridized carbons (Fsp3) is 0.467. The van der Waals surface area contributed by atoms with Crippen molar-refractivity contribution in [2.75, 3.05) is 6.61 Å². The van der Waals surface area contributed by atoms with E-state index in [0.717, 1.165) is 36.3 Å². The first-order valence-electron chi connectivity index (χ1n) is 6.32. The molecule has 0 aliphatic carbocycles. The number of esters is 1. The molecule has 0 saturated carbocycles. The van der Waals surface area contributed by atoms with E-state index in [1.165, 1.54) is 6.92 Å². The van der Waals surface area contributed by atoms with Crippen LogP contribution in [0.1, 0.15) is 44.7 Å². The third-order valence-corrected chi connectivity index (χ3v) is 2.78. The molecule has 0 aliphatic heterocycles. The number of aryl methyl sites for hydroxylation is 1. The van der Waals surface area contributed by atoms with Gasteiger partial charge in [-0.2, -0.15) is 0 Å². The number of rotatable bonds is 6. The van der Waals surface area contributed by atoms with Gasteiger partial charge >= 0.3 is 5.97 Å². The highest BCUT2D eigenvalue weighted by Crippen LogP contribution is 2.24. The lowest BCUT2D eigenvalue weighted by atomic mass is 9.97. The molecule has 0 bridgehead atoms. The van der Waals surface area contributed by atoms with Crippen molar-refractivity contribution in [3.05, 3.63) is 35.2 Å². The Bertz CT molecular complexity index is 399. The maximum atomic E-state index is 11.0. The number of hydrogen-bond donors (Lipinski definition) is 1. The van der Waals surface area contributed by atoms with E-state index in [0.29, 0.717) is 5.75 Å². The van der Waals surface area contributed by atoms with Crippen molar-refractivity contribution in [3.63, 3.8) is 0 Å². The van der Waals surface area contributed by atoms with Crippen LogP contribution in [0.2, 0.25) is 0 Å². The molecule has 0 spiro atoms. The number of carbonyl (C=O) groups excluding carboxylic acids is 1. The summed E-state index contributed by atoms with van der Waals surface area (Å²) < 4.78 is 5.14. The molecule has 1 rings (SSSR count). The Morgan fingerprint density at radius 3 is 2.56 bits per heavy atom. The van der Waals surface area contributed by atoms with Gasteiger partial charge in [0.1, 0.15) is 5.75 Å². The van der Waals surface area contributed by atoms with Crippen molar-refractivity contribution >= 4 is 5.97 Å². The van der Waals surface area contributed by atoms with E-state index >= 15 is 0 Å². The number of unbranched alkanes of at least 4 members (excludes halogenated alkanes) is 1. The van der Waals surface area contributed by atoms with Crippen LogP contribution in [-0.2, 0) is 11.2 Å². The Morgan fingerprint density at radius 2 is 2.00 bits per heavy atom. The summed E-state index contributed by atoms with van der Waals surface area (Å²) in [5.41, 5.74) is 2.07. The Labute approximate surface area is 109 Å². The number of carbonyl (C=O) groups is 1. The zero-order valence-corrected chi connectivity index (χ0v) is 11.3. The standard InChI is InChI=1S/C15H21O3/c1-4-5-6-13-7-14(11(2)10-16)9-15(8-13)18-12(3)17/h7-9,16H,4-6,10H2,1-3H3. The fourth-order valence-electron chi connectivity index (χ4n) is 1.75. The van der Waals surface area contributed by atoms with Gasteiger partial charge in [-0.25, -0.2) is 0 Å². The second kappa shape index (κ2) is 7.17. The molecule has 0 amide bonds. The normalized spacial score (nSPS) is 10.7. The molecule has 0 aliphatic rings. The Kier molecular flexibility index (Phi) is 5.86. The predicted molar refractivity (Wildman–Crippen MR) is 71.5 cm³/mol. The molecule has 1 N–H and O–H groups in total. The summed E-state index contributed by atoms with van der Waals surface area (Å²) in [4.78, 5) is 11.0. The first-order valence-corrected chi connectivity index (χ1v) is 6.32. The molecule has 0 heterocycles. The number of ether oxygens (including phenoxy) is 1. The zero-order valence-electron chi connectivity index (χ0n) is 11.3. The van der Waals surface area contributed by atoms with E-state index < -0.39 is 0 Å². The highest BCUT2D eigenvalue weighted by atomic mass is 16.5. The van der Waals surface area contributed by atoms with Gasteiger partial charge in [-0.15, -0.1) is 0 Å². The molecule has 99 valence electrons. The molecule has 0 unspecified atom stereocenters. The van der Waals surface area contributed by atoms with Crippen molar-refractivity contribution in [2.45, 2.75) is 40.0 Å². The van der Waals surface area contributed by atoms with Crippen molar-refractivity contribution in [2.24, 2.45) is 0 Å². The SMILES string of the molecule is CCCCc1cc(OC(C)=O)cc([C](C)CO)c1. The summed E-state index contributed by atoms with van der Waals surface area (Å²) in [6, 6.07) is 5.74. The molecule has 0 aromatic heterocycles. The summed E-state index contributed by atoms with van der Waals surface area (Å²) in [6.45, 7) is 5.41. The summed E-state index contributed by atoms with van der Waals surface area (Å²) in [7, 11) is 0. The highest BCUT2D eigenvalue weighted by molar-refractivity contribution is 5.69. The lowest BCUT2D eigenvalue weighted by Crippen LogP contribution is -2.05. The van der Waals surface area contributed by atoms with E-state index in [9.17, 15) is 9.90 Å². The van der Waals surface area contributed by atoms with Gasteiger partial charge < -0.3 is 9.84 Å². The van der Waals surface area contributed by atoms with Gasteiger partial charge in [0.2, 0.25) is 0 Å². The number of aliphatic hydroxyl groups excluding tert-OH is 1. The van der Waals surface area contributed by atoms with E-state index in [1.807, 2.05) is 19.1 Å². The van der Waals surface area contributed by atoms with Gasteiger partial charge in [0, 0.05) is 12.8 Å². The maximum absolute atomic E-state index is 11.0.